The van der Waals surface area contributed by atoms with Crippen LogP contribution in [0.3, 0.4) is 0 Å². The van der Waals surface area contributed by atoms with E-state index in [1.165, 1.54) is 18.4 Å². The van der Waals surface area contributed by atoms with Gasteiger partial charge in [-0.2, -0.15) is 0 Å². The predicted molar refractivity (Wildman–Crippen MR) is 131 cm³/mol. The summed E-state index contributed by atoms with van der Waals surface area (Å²) in [4.78, 5) is 17.2. The van der Waals surface area contributed by atoms with Gasteiger partial charge in [0.05, 0.1) is 16.3 Å². The van der Waals surface area contributed by atoms with Crippen molar-refractivity contribution in [1.82, 2.24) is 4.57 Å². The molecule has 3 unspecified atom stereocenters. The lowest BCUT2D eigenvalue weighted by molar-refractivity contribution is -0.384. The summed E-state index contributed by atoms with van der Waals surface area (Å²) in [6.07, 6.45) is 3.54. The Balaban J connectivity index is 1.93. The number of rotatable bonds is 5. The summed E-state index contributed by atoms with van der Waals surface area (Å²) in [5.74, 6) is 1.53. The van der Waals surface area contributed by atoms with Crippen LogP contribution in [0.15, 0.2) is 58.9 Å². The summed E-state index contributed by atoms with van der Waals surface area (Å²) in [5, 5.41) is 13.5. The number of thiazole rings is 1. The first kappa shape index (κ1) is 22.5. The first-order valence-corrected chi connectivity index (χ1v) is 12.3. The molecule has 3 aromatic rings. The molecule has 0 N–H and O–H groups in total. The monoisotopic (exact) mass is 449 g/mol. The number of hydrogen-bond acceptors (Lipinski definition) is 4. The third-order valence-corrected chi connectivity index (χ3v) is 7.70. The molecule has 4 rings (SSSR count). The van der Waals surface area contributed by atoms with Crippen molar-refractivity contribution >= 4 is 22.7 Å². The lowest BCUT2D eigenvalue weighted by Gasteiger charge is -2.36. The normalized spacial score (nSPS) is 21.8. The molecule has 0 spiro atoms. The molecule has 6 heteroatoms. The van der Waals surface area contributed by atoms with E-state index in [4.69, 9.17) is 4.99 Å². The average molecular weight is 450 g/mol. The minimum absolute atomic E-state index is 0.119. The highest BCUT2D eigenvalue weighted by molar-refractivity contribution is 7.07. The van der Waals surface area contributed by atoms with Gasteiger partial charge in [-0.3, -0.25) is 10.1 Å². The molecule has 1 aliphatic carbocycles. The predicted octanol–water partition coefficient (Wildman–Crippen LogP) is 7.48. The van der Waals surface area contributed by atoms with Crippen LogP contribution in [-0.4, -0.2) is 9.49 Å². The summed E-state index contributed by atoms with van der Waals surface area (Å²) in [5.41, 5.74) is 4.24. The van der Waals surface area contributed by atoms with Crippen molar-refractivity contribution in [2.45, 2.75) is 58.9 Å². The van der Waals surface area contributed by atoms with Gasteiger partial charge in [-0.1, -0.05) is 70.9 Å². The van der Waals surface area contributed by atoms with Crippen molar-refractivity contribution in [2.24, 2.45) is 16.8 Å². The van der Waals surface area contributed by atoms with E-state index in [0.29, 0.717) is 23.8 Å². The van der Waals surface area contributed by atoms with E-state index in [-0.39, 0.29) is 10.6 Å². The Hall–Kier alpha value is -2.73. The molecule has 0 bridgehead atoms. The van der Waals surface area contributed by atoms with Crippen LogP contribution in [0, 0.1) is 22.0 Å². The van der Waals surface area contributed by atoms with Crippen LogP contribution in [0.5, 0.6) is 0 Å². The van der Waals surface area contributed by atoms with E-state index in [1.54, 1.807) is 29.5 Å². The van der Waals surface area contributed by atoms with E-state index in [2.05, 4.69) is 55.8 Å². The number of benzene rings is 2. The smallest absolute Gasteiger partial charge is 0.270 e. The molecule has 1 heterocycles. The summed E-state index contributed by atoms with van der Waals surface area (Å²) in [7, 11) is 0. The molecule has 32 heavy (non-hydrogen) atoms. The third kappa shape index (κ3) is 4.42. The summed E-state index contributed by atoms with van der Waals surface area (Å²) < 4.78 is 2.36. The van der Waals surface area contributed by atoms with Crippen LogP contribution in [0.25, 0.3) is 11.3 Å². The zero-order valence-electron chi connectivity index (χ0n) is 19.2. The fourth-order valence-corrected chi connectivity index (χ4v) is 5.78. The van der Waals surface area contributed by atoms with E-state index in [9.17, 15) is 10.1 Å². The molecule has 1 aromatic heterocycles. The first-order valence-electron chi connectivity index (χ1n) is 11.4. The second-order valence-corrected chi connectivity index (χ2v) is 10.1. The second kappa shape index (κ2) is 9.41. The Kier molecular flexibility index (Phi) is 6.60. The highest BCUT2D eigenvalue weighted by atomic mass is 32.1. The zero-order valence-corrected chi connectivity index (χ0v) is 20.0. The number of non-ortho nitro benzene ring substituents is 1. The maximum Gasteiger partial charge on any atom is 0.270 e. The second-order valence-electron chi connectivity index (χ2n) is 9.24. The largest absolute Gasteiger partial charge is 0.313 e. The molecule has 2 aromatic carbocycles. The van der Waals surface area contributed by atoms with Crippen molar-refractivity contribution in [3.63, 3.8) is 0 Å². The molecule has 1 aliphatic rings. The van der Waals surface area contributed by atoms with Gasteiger partial charge in [-0.05, 0) is 35.8 Å². The Bertz CT molecular complexity index is 1180. The van der Waals surface area contributed by atoms with Crippen LogP contribution >= 0.6 is 11.3 Å². The Morgan fingerprint density at radius 1 is 1.12 bits per heavy atom. The summed E-state index contributed by atoms with van der Waals surface area (Å²) in [6, 6.07) is 15.6. The van der Waals surface area contributed by atoms with Gasteiger partial charge in [-0.25, -0.2) is 4.99 Å². The molecule has 0 aliphatic heterocycles. The standard InChI is InChI=1S/C26H31N3O2S/c1-17(2)22-12-5-6-13-23(22)27-26-28(24-14-7-9-18(3)19(24)4)25(16-32-26)20-10-8-11-21(15-20)29(30)31/h5-6,8,10-13,15-19,24H,7,9,14H2,1-4H3. The van der Waals surface area contributed by atoms with Gasteiger partial charge in [0, 0.05) is 29.1 Å². The molecule has 1 fully saturated rings. The first-order chi connectivity index (χ1) is 15.4. The van der Waals surface area contributed by atoms with Crippen LogP contribution in [0.2, 0.25) is 0 Å². The van der Waals surface area contributed by atoms with Gasteiger partial charge in [-0.15, -0.1) is 11.3 Å². The van der Waals surface area contributed by atoms with Crippen molar-refractivity contribution in [3.05, 3.63) is 74.4 Å². The van der Waals surface area contributed by atoms with E-state index in [0.717, 1.165) is 28.2 Å². The van der Waals surface area contributed by atoms with Crippen LogP contribution in [0.4, 0.5) is 11.4 Å². The minimum atomic E-state index is -0.324. The van der Waals surface area contributed by atoms with Gasteiger partial charge >= 0.3 is 0 Å². The van der Waals surface area contributed by atoms with E-state index in [1.807, 2.05) is 12.1 Å². The summed E-state index contributed by atoms with van der Waals surface area (Å²) >= 11 is 1.62. The number of nitro groups is 1. The topological polar surface area (TPSA) is 60.4 Å². The van der Waals surface area contributed by atoms with E-state index < -0.39 is 0 Å². The van der Waals surface area contributed by atoms with Crippen LogP contribution in [-0.2, 0) is 0 Å². The minimum Gasteiger partial charge on any atom is -0.313 e. The lowest BCUT2D eigenvalue weighted by Crippen LogP contribution is -2.32. The van der Waals surface area contributed by atoms with Crippen molar-refractivity contribution in [3.8, 4) is 11.3 Å². The highest BCUT2D eigenvalue weighted by Crippen LogP contribution is 2.40. The maximum absolute atomic E-state index is 11.4. The van der Waals surface area contributed by atoms with E-state index >= 15 is 0 Å². The van der Waals surface area contributed by atoms with Crippen molar-refractivity contribution in [1.29, 1.82) is 0 Å². The Morgan fingerprint density at radius 3 is 2.66 bits per heavy atom. The number of nitrogens with zero attached hydrogens (tertiary/aromatic N) is 3. The average Bonchev–Trinajstić information content (AvgIpc) is 3.19. The number of nitro benzene ring substituents is 1. The fraction of sp³-hybridized carbons (Fsp3) is 0.423. The number of aromatic nitrogens is 1. The fourth-order valence-electron chi connectivity index (χ4n) is 4.81. The van der Waals surface area contributed by atoms with Gasteiger partial charge < -0.3 is 4.57 Å². The van der Waals surface area contributed by atoms with Gasteiger partial charge in [0.2, 0.25) is 0 Å². The molecule has 0 radical (unpaired) electrons. The molecule has 3 atom stereocenters. The Morgan fingerprint density at radius 2 is 1.91 bits per heavy atom. The van der Waals surface area contributed by atoms with Gasteiger partial charge in [0.25, 0.3) is 5.69 Å². The quantitative estimate of drug-likeness (QED) is 0.299. The number of hydrogen-bond donors (Lipinski definition) is 0. The number of para-hydroxylation sites is 1. The van der Waals surface area contributed by atoms with Gasteiger partial charge in [0.1, 0.15) is 0 Å². The molecule has 0 saturated heterocycles. The molecule has 1 saturated carbocycles. The van der Waals surface area contributed by atoms with Crippen LogP contribution < -0.4 is 4.80 Å². The Labute approximate surface area is 193 Å². The van der Waals surface area contributed by atoms with Gasteiger partial charge in [0.15, 0.2) is 4.80 Å². The molecule has 0 amide bonds. The van der Waals surface area contributed by atoms with Crippen LogP contribution in [0.1, 0.15) is 64.5 Å². The van der Waals surface area contributed by atoms with Crippen molar-refractivity contribution in [2.75, 3.05) is 0 Å². The molecular weight excluding hydrogens is 418 g/mol. The molecule has 5 nitrogen and oxygen atoms in total. The highest BCUT2D eigenvalue weighted by Gasteiger charge is 2.30. The molecule has 168 valence electrons. The molecular formula is C26H31N3O2S. The zero-order chi connectivity index (χ0) is 22.8. The third-order valence-electron chi connectivity index (χ3n) is 6.86. The van der Waals surface area contributed by atoms with Crippen molar-refractivity contribution < 1.29 is 4.92 Å². The lowest BCUT2D eigenvalue weighted by atomic mass is 9.78. The maximum atomic E-state index is 11.4. The summed E-state index contributed by atoms with van der Waals surface area (Å²) in [6.45, 7) is 9.05. The SMILES string of the molecule is CC(C)c1ccccc1N=c1scc(-c2cccc([N+](=O)[O-])c2)n1C1CCCC(C)C1C.